The summed E-state index contributed by atoms with van der Waals surface area (Å²) in [6, 6.07) is 28.7. The maximum Gasteiger partial charge on any atom is 0.352 e. The number of carboxylic acids is 1. The summed E-state index contributed by atoms with van der Waals surface area (Å²) in [6.45, 7) is 6.23. The predicted octanol–water partition coefficient (Wildman–Crippen LogP) is 7.20. The standard InChI is InChI=1S/C42H45N5O5/c1-45-37-28-50-25-5-4-22-47-40-33(34(41(47)42(48)49)14-8-26-51-38-15-6-10-29-9-2-3-11-32(29)38)12-7-13-35(40)39(37)36(44-45)27-52-31-18-16-30(17-19-31)46-23-20-43-21-24-46/h2-3,6-7,9-13,15-19,43H,4-5,8,14,20-28H2,1H3,(H,48,49). The van der Waals surface area contributed by atoms with Crippen molar-refractivity contribution in [2.24, 2.45) is 7.05 Å². The third-order valence-corrected chi connectivity index (χ3v) is 10.3. The van der Waals surface area contributed by atoms with E-state index in [1.165, 1.54) is 5.69 Å². The zero-order valence-electron chi connectivity index (χ0n) is 29.6. The number of hydrogen-bond donors (Lipinski definition) is 2. The van der Waals surface area contributed by atoms with Crippen molar-refractivity contribution in [2.75, 3.05) is 44.3 Å². The van der Waals surface area contributed by atoms with Crippen LogP contribution >= 0.6 is 0 Å². The van der Waals surface area contributed by atoms with Crippen molar-refractivity contribution in [1.29, 1.82) is 0 Å². The van der Waals surface area contributed by atoms with E-state index in [0.717, 1.165) is 100 Å². The van der Waals surface area contributed by atoms with Crippen LogP contribution in [0.3, 0.4) is 0 Å². The van der Waals surface area contributed by atoms with E-state index in [4.69, 9.17) is 19.3 Å². The predicted molar refractivity (Wildman–Crippen MR) is 204 cm³/mol. The SMILES string of the molecule is Cn1nc(COc2ccc(N3CCNCC3)cc2)c2c1COCCCCn1c(C(=O)O)c(CCCOc3cccc4ccccc34)c3cccc-2c31. The maximum atomic E-state index is 13.1. The topological polar surface area (TPSA) is 103 Å². The molecule has 268 valence electrons. The lowest BCUT2D eigenvalue weighted by Crippen LogP contribution is -2.43. The van der Waals surface area contributed by atoms with E-state index in [9.17, 15) is 9.90 Å². The Balaban J connectivity index is 1.12. The number of anilines is 1. The molecule has 0 spiro atoms. The minimum atomic E-state index is -0.919. The second-order valence-electron chi connectivity index (χ2n) is 13.6. The number of aryl methyl sites for hydroxylation is 3. The number of nitrogens with zero attached hydrogens (tertiary/aromatic N) is 4. The van der Waals surface area contributed by atoms with Gasteiger partial charge in [-0.05, 0) is 67.0 Å². The van der Waals surface area contributed by atoms with Crippen molar-refractivity contribution in [3.05, 3.63) is 108 Å². The zero-order valence-corrected chi connectivity index (χ0v) is 29.6. The van der Waals surface area contributed by atoms with Crippen LogP contribution in [-0.4, -0.2) is 64.8 Å². The van der Waals surface area contributed by atoms with Crippen molar-refractivity contribution in [3.63, 3.8) is 0 Å². The van der Waals surface area contributed by atoms with E-state index in [1.807, 2.05) is 58.8 Å². The van der Waals surface area contributed by atoms with Gasteiger partial charge >= 0.3 is 5.97 Å². The van der Waals surface area contributed by atoms with Crippen LogP contribution < -0.4 is 19.7 Å². The van der Waals surface area contributed by atoms with Gasteiger partial charge in [0, 0.05) is 74.0 Å². The van der Waals surface area contributed by atoms with E-state index in [0.29, 0.717) is 44.9 Å². The van der Waals surface area contributed by atoms with Gasteiger partial charge in [0.05, 0.1) is 24.4 Å². The lowest BCUT2D eigenvalue weighted by molar-refractivity contribution is 0.0683. The van der Waals surface area contributed by atoms with Crippen LogP contribution in [0.5, 0.6) is 11.5 Å². The number of rotatable bonds is 10. The van der Waals surface area contributed by atoms with Gasteiger partial charge < -0.3 is 34.1 Å². The zero-order chi connectivity index (χ0) is 35.4. The lowest BCUT2D eigenvalue weighted by Gasteiger charge is -2.29. The first-order valence-corrected chi connectivity index (χ1v) is 18.4. The molecule has 0 saturated carbocycles. The first kappa shape index (κ1) is 33.8. The molecule has 2 N–H and O–H groups in total. The number of benzene rings is 4. The Hall–Kier alpha value is -5.32. The molecule has 0 atom stereocenters. The summed E-state index contributed by atoms with van der Waals surface area (Å²) in [5.41, 5.74) is 6.91. The summed E-state index contributed by atoms with van der Waals surface area (Å²) < 4.78 is 22.7. The summed E-state index contributed by atoms with van der Waals surface area (Å²) in [4.78, 5) is 15.5. The molecule has 4 heterocycles. The molecule has 0 aliphatic carbocycles. The lowest BCUT2D eigenvalue weighted by atomic mass is 9.98. The van der Waals surface area contributed by atoms with E-state index in [2.05, 4.69) is 52.7 Å². The van der Waals surface area contributed by atoms with Crippen molar-refractivity contribution in [3.8, 4) is 22.6 Å². The highest BCUT2D eigenvalue weighted by molar-refractivity contribution is 6.04. The number of nitrogens with one attached hydrogen (secondary N) is 1. The van der Waals surface area contributed by atoms with Gasteiger partial charge in [-0.3, -0.25) is 4.68 Å². The summed E-state index contributed by atoms with van der Waals surface area (Å²) in [5, 5.41) is 22.3. The Morgan fingerprint density at radius 3 is 2.54 bits per heavy atom. The Morgan fingerprint density at radius 2 is 1.69 bits per heavy atom. The van der Waals surface area contributed by atoms with E-state index in [1.54, 1.807) is 0 Å². The van der Waals surface area contributed by atoms with Crippen molar-refractivity contribution in [1.82, 2.24) is 19.7 Å². The molecular formula is C42H45N5O5. The quantitative estimate of drug-likeness (QED) is 0.145. The smallest absolute Gasteiger partial charge is 0.352 e. The molecule has 2 aromatic heterocycles. The summed E-state index contributed by atoms with van der Waals surface area (Å²) >= 11 is 0. The molecular weight excluding hydrogens is 654 g/mol. The molecule has 4 aromatic carbocycles. The Morgan fingerprint density at radius 1 is 0.904 bits per heavy atom. The fourth-order valence-electron chi connectivity index (χ4n) is 7.82. The molecule has 0 bridgehead atoms. The molecule has 2 aliphatic heterocycles. The molecule has 0 radical (unpaired) electrons. The largest absolute Gasteiger partial charge is 0.493 e. The number of carboxylic acid groups (broad SMARTS) is 1. The number of carbonyl (C=O) groups is 1. The monoisotopic (exact) mass is 699 g/mol. The summed E-state index contributed by atoms with van der Waals surface area (Å²) in [5.74, 6) is 0.693. The van der Waals surface area contributed by atoms with Gasteiger partial charge in [0.1, 0.15) is 29.5 Å². The van der Waals surface area contributed by atoms with Gasteiger partial charge in [-0.15, -0.1) is 0 Å². The molecule has 1 fully saturated rings. The van der Waals surface area contributed by atoms with Crippen LogP contribution in [0.15, 0.2) is 84.9 Å². The van der Waals surface area contributed by atoms with Gasteiger partial charge in [-0.25, -0.2) is 4.79 Å². The van der Waals surface area contributed by atoms with Crippen LogP contribution in [0.25, 0.3) is 32.8 Å². The van der Waals surface area contributed by atoms with Crippen LogP contribution in [0.2, 0.25) is 0 Å². The molecule has 0 amide bonds. The van der Waals surface area contributed by atoms with Crippen LogP contribution in [0, 0.1) is 0 Å². The Kier molecular flexibility index (Phi) is 9.82. The Bertz CT molecular complexity index is 2190. The third-order valence-electron chi connectivity index (χ3n) is 10.3. The van der Waals surface area contributed by atoms with Gasteiger partial charge in [-0.1, -0.05) is 54.6 Å². The minimum Gasteiger partial charge on any atom is -0.493 e. The van der Waals surface area contributed by atoms with Gasteiger partial charge in [0.25, 0.3) is 0 Å². The first-order valence-electron chi connectivity index (χ1n) is 18.4. The van der Waals surface area contributed by atoms with Crippen molar-refractivity contribution < 1.29 is 24.1 Å². The van der Waals surface area contributed by atoms with E-state index in [-0.39, 0.29) is 6.61 Å². The molecule has 2 aliphatic rings. The molecule has 10 nitrogen and oxygen atoms in total. The van der Waals surface area contributed by atoms with Crippen molar-refractivity contribution in [2.45, 2.75) is 45.4 Å². The molecule has 1 saturated heterocycles. The summed E-state index contributed by atoms with van der Waals surface area (Å²) in [7, 11) is 1.94. The fourth-order valence-corrected chi connectivity index (χ4v) is 7.82. The molecule has 0 unspecified atom stereocenters. The second kappa shape index (κ2) is 15.1. The third kappa shape index (κ3) is 6.71. The molecule has 6 aromatic rings. The molecule has 8 rings (SSSR count). The summed E-state index contributed by atoms with van der Waals surface area (Å²) in [6.07, 6.45) is 2.87. The second-order valence-corrected chi connectivity index (χ2v) is 13.6. The number of aromatic nitrogens is 3. The number of aromatic carboxylic acids is 1. The average molecular weight is 700 g/mol. The number of piperazine rings is 1. The van der Waals surface area contributed by atoms with Crippen molar-refractivity contribution >= 4 is 33.3 Å². The van der Waals surface area contributed by atoms with Gasteiger partial charge in [0.15, 0.2) is 0 Å². The number of ether oxygens (including phenoxy) is 3. The highest BCUT2D eigenvalue weighted by atomic mass is 16.5. The first-order chi connectivity index (χ1) is 25.6. The van der Waals surface area contributed by atoms with Gasteiger partial charge in [-0.2, -0.15) is 5.10 Å². The number of fused-ring (bicyclic) bond motifs is 3. The van der Waals surface area contributed by atoms with Gasteiger partial charge in [0.2, 0.25) is 0 Å². The number of hydrogen-bond acceptors (Lipinski definition) is 7. The number of para-hydroxylation sites is 1. The normalized spacial score (nSPS) is 15.0. The van der Waals surface area contributed by atoms with E-state index >= 15 is 0 Å². The molecule has 10 heteroatoms. The van der Waals surface area contributed by atoms with Crippen LogP contribution in [0.1, 0.15) is 46.7 Å². The maximum absolute atomic E-state index is 13.1. The minimum absolute atomic E-state index is 0.261. The van der Waals surface area contributed by atoms with Crippen LogP contribution in [0.4, 0.5) is 5.69 Å². The average Bonchev–Trinajstić information content (AvgIpc) is 3.66. The highest BCUT2D eigenvalue weighted by Crippen LogP contribution is 2.39. The fraction of sp³-hybridized carbons (Fsp3) is 0.333. The highest BCUT2D eigenvalue weighted by Gasteiger charge is 2.28. The Labute approximate surface area is 303 Å². The molecule has 52 heavy (non-hydrogen) atoms. The van der Waals surface area contributed by atoms with Crippen LogP contribution in [-0.2, 0) is 38.0 Å². The van der Waals surface area contributed by atoms with E-state index < -0.39 is 5.97 Å².